The standard InChI is InChI=1S/C19H24N2O4/c1-11(20-18(24)25-19(3,4)5)10-13-6-8-14(9-7-13)21-15-12(2)16(22)17(15)23/h6-9,11,21H,10H2,1-5H3,(H,20,24). The Morgan fingerprint density at radius 3 is 2.24 bits per heavy atom. The maximum atomic E-state index is 11.8. The summed E-state index contributed by atoms with van der Waals surface area (Å²) in [5, 5.41) is 5.77. The molecule has 2 aromatic carbocycles. The van der Waals surface area contributed by atoms with Crippen molar-refractivity contribution >= 4 is 17.5 Å². The lowest BCUT2D eigenvalue weighted by Crippen LogP contribution is -2.38. The summed E-state index contributed by atoms with van der Waals surface area (Å²) in [4.78, 5) is 34.4. The molecule has 0 saturated heterocycles. The van der Waals surface area contributed by atoms with Crippen molar-refractivity contribution in [1.29, 1.82) is 0 Å². The van der Waals surface area contributed by atoms with Gasteiger partial charge in [0.05, 0.1) is 5.69 Å². The van der Waals surface area contributed by atoms with Gasteiger partial charge in [0, 0.05) is 17.3 Å². The van der Waals surface area contributed by atoms with Gasteiger partial charge >= 0.3 is 6.09 Å². The quantitative estimate of drug-likeness (QED) is 0.815. The largest absolute Gasteiger partial charge is 0.444 e. The molecule has 1 unspecified atom stereocenters. The van der Waals surface area contributed by atoms with Crippen LogP contribution in [0.4, 0.5) is 16.2 Å². The first-order valence-corrected chi connectivity index (χ1v) is 8.22. The molecule has 0 bridgehead atoms. The van der Waals surface area contributed by atoms with Gasteiger partial charge in [-0.25, -0.2) is 4.79 Å². The highest BCUT2D eigenvalue weighted by atomic mass is 16.6. The van der Waals surface area contributed by atoms with Crippen molar-refractivity contribution in [3.05, 3.63) is 55.8 Å². The second-order valence-electron chi connectivity index (χ2n) is 7.23. The van der Waals surface area contributed by atoms with Crippen molar-refractivity contribution in [1.82, 2.24) is 5.32 Å². The van der Waals surface area contributed by atoms with Crippen LogP contribution in [-0.4, -0.2) is 17.7 Å². The molecule has 0 fully saturated rings. The first-order valence-electron chi connectivity index (χ1n) is 8.22. The van der Waals surface area contributed by atoms with E-state index in [1.165, 1.54) is 0 Å². The number of carbonyl (C=O) groups excluding carboxylic acids is 1. The van der Waals surface area contributed by atoms with Gasteiger partial charge in [-0.05, 0) is 58.7 Å². The van der Waals surface area contributed by atoms with Gasteiger partial charge in [-0.1, -0.05) is 12.1 Å². The number of hydrogen-bond acceptors (Lipinski definition) is 5. The second kappa shape index (κ2) is 7.09. The Bertz CT molecular complexity index is 825. The zero-order valence-corrected chi connectivity index (χ0v) is 15.2. The molecule has 0 heterocycles. The zero-order chi connectivity index (χ0) is 18.8. The molecule has 2 aromatic rings. The van der Waals surface area contributed by atoms with Crippen molar-refractivity contribution in [2.45, 2.75) is 52.7 Å². The third-order valence-corrected chi connectivity index (χ3v) is 3.68. The van der Waals surface area contributed by atoms with Crippen LogP contribution in [0.25, 0.3) is 0 Å². The maximum Gasteiger partial charge on any atom is 0.407 e. The number of nitrogens with one attached hydrogen (secondary N) is 2. The predicted molar refractivity (Wildman–Crippen MR) is 98.4 cm³/mol. The number of benzene rings is 1. The first-order chi connectivity index (χ1) is 11.6. The molecule has 2 rings (SSSR count). The fraction of sp³-hybridized carbons (Fsp3) is 0.421. The Kier molecular flexibility index (Phi) is 5.30. The molecule has 1 atom stereocenters. The molecule has 134 valence electrons. The van der Waals surface area contributed by atoms with Crippen LogP contribution in [0.3, 0.4) is 0 Å². The van der Waals surface area contributed by atoms with Gasteiger partial charge in [-0.15, -0.1) is 0 Å². The van der Waals surface area contributed by atoms with Crippen LogP contribution in [0.5, 0.6) is 0 Å². The molecule has 0 aromatic heterocycles. The molecule has 2 N–H and O–H groups in total. The van der Waals surface area contributed by atoms with E-state index in [4.69, 9.17) is 4.74 Å². The Labute approximate surface area is 146 Å². The van der Waals surface area contributed by atoms with Crippen molar-refractivity contribution < 1.29 is 9.53 Å². The SMILES string of the molecule is Cc1c(Nc2ccc(CC(C)NC(=O)OC(C)(C)C)cc2)c(=O)c1=O. The molecular weight excluding hydrogens is 320 g/mol. The first kappa shape index (κ1) is 18.7. The Morgan fingerprint density at radius 2 is 1.72 bits per heavy atom. The number of alkyl carbamates (subject to hydrolysis) is 1. The summed E-state index contributed by atoms with van der Waals surface area (Å²) in [6, 6.07) is 7.43. The number of ether oxygens (including phenoxy) is 1. The summed E-state index contributed by atoms with van der Waals surface area (Å²) >= 11 is 0. The van der Waals surface area contributed by atoms with Gasteiger partial charge in [0.15, 0.2) is 0 Å². The van der Waals surface area contributed by atoms with Crippen LogP contribution >= 0.6 is 0 Å². The molecule has 0 spiro atoms. The van der Waals surface area contributed by atoms with Crippen LogP contribution in [0.1, 0.15) is 38.8 Å². The molecule has 0 aliphatic heterocycles. The van der Waals surface area contributed by atoms with Crippen LogP contribution in [-0.2, 0) is 11.2 Å². The lowest BCUT2D eigenvalue weighted by Gasteiger charge is -2.22. The fourth-order valence-electron chi connectivity index (χ4n) is 2.44. The van der Waals surface area contributed by atoms with Gasteiger partial charge in [0.1, 0.15) is 5.60 Å². The highest BCUT2D eigenvalue weighted by molar-refractivity contribution is 5.68. The topological polar surface area (TPSA) is 84.5 Å². The van der Waals surface area contributed by atoms with Crippen molar-refractivity contribution in [3.8, 4) is 0 Å². The van der Waals surface area contributed by atoms with Crippen LogP contribution < -0.4 is 21.5 Å². The molecule has 6 nitrogen and oxygen atoms in total. The third kappa shape index (κ3) is 4.92. The minimum Gasteiger partial charge on any atom is -0.444 e. The molecule has 25 heavy (non-hydrogen) atoms. The molecule has 1 amide bonds. The van der Waals surface area contributed by atoms with Crippen LogP contribution in [0, 0.1) is 6.92 Å². The highest BCUT2D eigenvalue weighted by Crippen LogP contribution is 2.17. The minimum absolute atomic E-state index is 0.0792. The van der Waals surface area contributed by atoms with Crippen molar-refractivity contribution in [2.75, 3.05) is 5.32 Å². The molecule has 0 aliphatic carbocycles. The Morgan fingerprint density at radius 1 is 1.12 bits per heavy atom. The highest BCUT2D eigenvalue weighted by Gasteiger charge is 2.18. The molecule has 0 radical (unpaired) electrons. The zero-order valence-electron chi connectivity index (χ0n) is 15.2. The summed E-state index contributed by atoms with van der Waals surface area (Å²) in [5.74, 6) is 0. The number of carbonyl (C=O) groups is 1. The van der Waals surface area contributed by atoms with E-state index in [0.29, 0.717) is 17.7 Å². The van der Waals surface area contributed by atoms with Crippen LogP contribution in [0.15, 0.2) is 33.9 Å². The average molecular weight is 344 g/mol. The summed E-state index contributed by atoms with van der Waals surface area (Å²) in [6.45, 7) is 9.00. The fourth-order valence-corrected chi connectivity index (χ4v) is 2.44. The summed E-state index contributed by atoms with van der Waals surface area (Å²) in [7, 11) is 0. The molecule has 6 heteroatoms. The summed E-state index contributed by atoms with van der Waals surface area (Å²) in [6.07, 6.45) is 0.215. The minimum atomic E-state index is -0.524. The van der Waals surface area contributed by atoms with E-state index in [9.17, 15) is 14.4 Å². The van der Waals surface area contributed by atoms with Crippen LogP contribution in [0.2, 0.25) is 0 Å². The van der Waals surface area contributed by atoms with Crippen molar-refractivity contribution in [3.63, 3.8) is 0 Å². The number of anilines is 2. The van der Waals surface area contributed by atoms with E-state index < -0.39 is 22.6 Å². The monoisotopic (exact) mass is 344 g/mol. The van der Waals surface area contributed by atoms with Gasteiger partial charge in [0.25, 0.3) is 0 Å². The van der Waals surface area contributed by atoms with E-state index >= 15 is 0 Å². The molecule has 0 aliphatic rings. The van der Waals surface area contributed by atoms with E-state index in [-0.39, 0.29) is 6.04 Å². The van der Waals surface area contributed by atoms with E-state index in [1.54, 1.807) is 6.92 Å². The smallest absolute Gasteiger partial charge is 0.407 e. The average Bonchev–Trinajstić information content (AvgIpc) is 2.51. The molecular formula is C19H24N2O4. The second-order valence-corrected chi connectivity index (χ2v) is 7.23. The summed E-state index contributed by atoms with van der Waals surface area (Å²) in [5.41, 5.74) is 1.17. The van der Waals surface area contributed by atoms with Crippen molar-refractivity contribution in [2.24, 2.45) is 0 Å². The third-order valence-electron chi connectivity index (χ3n) is 3.68. The normalized spacial score (nSPS) is 12.7. The number of amides is 1. The number of rotatable bonds is 5. The van der Waals surface area contributed by atoms with Gasteiger partial charge in [-0.3, -0.25) is 9.59 Å². The van der Waals surface area contributed by atoms with Gasteiger partial charge < -0.3 is 15.4 Å². The lowest BCUT2D eigenvalue weighted by atomic mass is 10.1. The van der Waals surface area contributed by atoms with Gasteiger partial charge in [0.2, 0.25) is 10.9 Å². The van der Waals surface area contributed by atoms with E-state index in [0.717, 1.165) is 11.3 Å². The predicted octanol–water partition coefficient (Wildman–Crippen LogP) is 2.79. The maximum absolute atomic E-state index is 11.8. The summed E-state index contributed by atoms with van der Waals surface area (Å²) < 4.78 is 5.23. The van der Waals surface area contributed by atoms with Gasteiger partial charge in [-0.2, -0.15) is 0 Å². The van der Waals surface area contributed by atoms with E-state index in [1.807, 2.05) is 52.0 Å². The number of hydrogen-bond donors (Lipinski definition) is 2. The van der Waals surface area contributed by atoms with E-state index in [2.05, 4.69) is 10.6 Å². The molecule has 0 saturated carbocycles. The Balaban J connectivity index is 1.91. The Hall–Kier alpha value is -2.63. The lowest BCUT2D eigenvalue weighted by molar-refractivity contribution is 0.0508.